The first-order valence-electron chi connectivity index (χ1n) is 33.0. The van der Waals surface area contributed by atoms with Gasteiger partial charge in [-0.05, 0) is 223 Å². The molecule has 0 saturated carbocycles. The van der Waals surface area contributed by atoms with E-state index in [1.54, 1.807) is 0 Å². The summed E-state index contributed by atoms with van der Waals surface area (Å²) in [6, 6.07) is 139. The van der Waals surface area contributed by atoms with Crippen molar-refractivity contribution in [3.05, 3.63) is 395 Å². The minimum absolute atomic E-state index is 1.12. The van der Waals surface area contributed by atoms with Crippen molar-refractivity contribution in [2.45, 2.75) is 0 Å². The average Bonchev–Trinajstić information content (AvgIpc) is 1.59. The van der Waals surface area contributed by atoms with Crippen LogP contribution in [-0.2, 0) is 0 Å². The van der Waals surface area contributed by atoms with Gasteiger partial charge in [0.05, 0.1) is 33.4 Å². The van der Waals surface area contributed by atoms with E-state index < -0.39 is 0 Å². The maximum atomic E-state index is 2.36. The van der Waals surface area contributed by atoms with E-state index in [-0.39, 0.29) is 0 Å². The molecule has 18 aromatic rings. The normalized spacial score (nSPS) is 11.2. The molecular formula is C92H64I2N4. The number of hydrogen-bond acceptors (Lipinski definition) is 2. The Kier molecular flexibility index (Phi) is 17.5. The molecule has 0 radical (unpaired) electrons. The minimum Gasteiger partial charge on any atom is -0.310 e. The fraction of sp³-hybridized carbons (Fsp3) is 0. The summed E-state index contributed by atoms with van der Waals surface area (Å²) in [6.45, 7) is 0. The van der Waals surface area contributed by atoms with E-state index >= 15 is 0 Å². The molecule has 0 amide bonds. The predicted molar refractivity (Wildman–Crippen MR) is 434 cm³/mol. The maximum absolute atomic E-state index is 2.36. The van der Waals surface area contributed by atoms with Crippen LogP contribution in [0.1, 0.15) is 0 Å². The monoisotopic (exact) mass is 1480 g/mol. The van der Waals surface area contributed by atoms with Crippen molar-refractivity contribution in [3.8, 4) is 44.8 Å². The molecule has 0 aliphatic carbocycles. The lowest BCUT2D eigenvalue weighted by Crippen LogP contribution is -2.10. The van der Waals surface area contributed by atoms with Gasteiger partial charge < -0.3 is 18.9 Å². The van der Waals surface area contributed by atoms with Gasteiger partial charge in [-0.3, -0.25) is 0 Å². The molecule has 0 saturated heterocycles. The van der Waals surface area contributed by atoms with Gasteiger partial charge in [-0.2, -0.15) is 0 Å². The number of anilines is 6. The maximum Gasteiger partial charge on any atom is 0.0541 e. The molecule has 0 unspecified atom stereocenters. The molecule has 2 heterocycles. The summed E-state index contributed by atoms with van der Waals surface area (Å²) in [5.41, 5.74) is 21.4. The fourth-order valence-electron chi connectivity index (χ4n) is 13.7. The van der Waals surface area contributed by atoms with Crippen LogP contribution < -0.4 is 9.80 Å². The third-order valence-electron chi connectivity index (χ3n) is 18.4. The van der Waals surface area contributed by atoms with E-state index in [0.29, 0.717) is 0 Å². The van der Waals surface area contributed by atoms with Gasteiger partial charge in [0.15, 0.2) is 0 Å². The summed E-state index contributed by atoms with van der Waals surface area (Å²) in [4.78, 5) is 4.69. The largest absolute Gasteiger partial charge is 0.310 e. The van der Waals surface area contributed by atoms with Crippen LogP contribution in [0.2, 0.25) is 0 Å². The van der Waals surface area contributed by atoms with E-state index in [0.717, 1.165) is 34.1 Å². The first-order valence-corrected chi connectivity index (χ1v) is 35.2. The second-order valence-electron chi connectivity index (χ2n) is 24.3. The summed E-state index contributed by atoms with van der Waals surface area (Å²) in [7, 11) is 0. The molecule has 466 valence electrons. The van der Waals surface area contributed by atoms with Crippen molar-refractivity contribution in [3.63, 3.8) is 0 Å². The van der Waals surface area contributed by atoms with Crippen molar-refractivity contribution in [1.29, 1.82) is 0 Å². The molecule has 4 nitrogen and oxygen atoms in total. The van der Waals surface area contributed by atoms with Crippen LogP contribution in [0, 0.1) is 7.14 Å². The van der Waals surface area contributed by atoms with Crippen LogP contribution in [0.3, 0.4) is 0 Å². The number of aromatic nitrogens is 2. The second-order valence-corrected chi connectivity index (χ2v) is 26.8. The van der Waals surface area contributed by atoms with Crippen molar-refractivity contribution >= 4 is 144 Å². The van der Waals surface area contributed by atoms with E-state index in [1.807, 2.05) is 0 Å². The zero-order valence-electron chi connectivity index (χ0n) is 53.5. The lowest BCUT2D eigenvalue weighted by Gasteiger charge is -2.27. The Morgan fingerprint density at radius 2 is 0.418 bits per heavy atom. The van der Waals surface area contributed by atoms with Crippen molar-refractivity contribution in [1.82, 2.24) is 9.13 Å². The van der Waals surface area contributed by atoms with Gasteiger partial charge in [0.1, 0.15) is 0 Å². The van der Waals surface area contributed by atoms with E-state index in [9.17, 15) is 0 Å². The Morgan fingerprint density at radius 1 is 0.184 bits per heavy atom. The molecule has 98 heavy (non-hydrogen) atoms. The predicted octanol–water partition coefficient (Wildman–Crippen LogP) is 26.7. The van der Waals surface area contributed by atoms with E-state index in [1.165, 1.54) is 117 Å². The van der Waals surface area contributed by atoms with Gasteiger partial charge in [-0.15, -0.1) is 0 Å². The zero-order chi connectivity index (χ0) is 65.7. The van der Waals surface area contributed by atoms with Gasteiger partial charge in [-0.25, -0.2) is 0 Å². The first kappa shape index (κ1) is 61.6. The smallest absolute Gasteiger partial charge is 0.0541 e. The average molecular weight is 1480 g/mol. The zero-order valence-corrected chi connectivity index (χ0v) is 57.8. The number of halogens is 2. The lowest BCUT2D eigenvalue weighted by molar-refractivity contribution is 1.18. The van der Waals surface area contributed by atoms with Crippen LogP contribution in [-0.4, -0.2) is 9.13 Å². The highest BCUT2D eigenvalue weighted by Crippen LogP contribution is 2.43. The highest BCUT2D eigenvalue weighted by molar-refractivity contribution is 14.1. The van der Waals surface area contributed by atoms with Gasteiger partial charge >= 0.3 is 0 Å². The third-order valence-corrected chi connectivity index (χ3v) is 19.8. The molecule has 0 aliphatic heterocycles. The molecule has 0 bridgehead atoms. The summed E-state index contributed by atoms with van der Waals surface area (Å²) in [6.07, 6.45) is 0. The Labute approximate surface area is 598 Å². The quantitative estimate of drug-likeness (QED) is 0.120. The van der Waals surface area contributed by atoms with Gasteiger partial charge in [-0.1, -0.05) is 255 Å². The molecule has 0 atom stereocenters. The molecule has 18 rings (SSSR count). The first-order chi connectivity index (χ1) is 48.5. The van der Waals surface area contributed by atoms with Crippen LogP contribution in [0.15, 0.2) is 388 Å². The third kappa shape index (κ3) is 12.4. The SMILES string of the molecule is Ic1ccc(-c2ccc(I)cc2)cc1.c1ccc(N(c2ccc(-c3ccc(N(c4ccccc4)c4cccc5ccccc45)cc3)cc2)c2cccc3ccccc23)cc1.c1ccc2c(c1)c1ccccc1n2-c1ccc(-c2ccc(-n3c4ccccc4c4ccccc43)cc2)cc1. The Hall–Kier alpha value is -11.3. The second kappa shape index (κ2) is 27.8. The van der Waals surface area contributed by atoms with Gasteiger partial charge in [0.2, 0.25) is 0 Å². The number of benzene rings is 16. The standard InChI is InChI=1S/C44H32N2.C36H24N2.C12H8I2/c1-3-17-37(18-4-1)45(43-23-11-15-35-13-7-9-21-41(35)43)39-29-25-33(26-30-39)34-27-31-40(32-28-34)46(38-19-5-2-6-20-38)44-24-12-16-36-14-8-10-22-42(36)44;1-5-13-33-29(9-1)30-10-2-6-14-34(30)37(33)27-21-17-25(18-22-27)26-19-23-28(24-20-26)38-35-15-7-3-11-31(35)32-12-4-8-16-36(32)38;13-11-5-1-9(2-6-11)10-3-7-12(14)8-4-10/h1-32H;1-24H;1-8H. The Morgan fingerprint density at radius 3 is 0.735 bits per heavy atom. The van der Waals surface area contributed by atoms with Crippen molar-refractivity contribution < 1.29 is 0 Å². The molecule has 0 spiro atoms. The molecule has 0 aliphatic rings. The summed E-state index contributed by atoms with van der Waals surface area (Å²) >= 11 is 4.64. The minimum atomic E-state index is 1.12. The molecule has 6 heteroatoms. The number of nitrogens with zero attached hydrogens (tertiary/aromatic N) is 4. The molecular weight excluding hydrogens is 1410 g/mol. The van der Waals surface area contributed by atoms with Gasteiger partial charge in [0, 0.05) is 73.6 Å². The van der Waals surface area contributed by atoms with Crippen LogP contribution in [0.5, 0.6) is 0 Å². The summed E-state index contributed by atoms with van der Waals surface area (Å²) < 4.78 is 7.27. The number of para-hydroxylation sites is 6. The number of rotatable bonds is 11. The fourth-order valence-corrected chi connectivity index (χ4v) is 14.4. The number of fused-ring (bicyclic) bond motifs is 8. The Balaban J connectivity index is 0.000000129. The lowest BCUT2D eigenvalue weighted by atomic mass is 10.0. The summed E-state index contributed by atoms with van der Waals surface area (Å²) in [5, 5.41) is 10.0. The highest BCUT2D eigenvalue weighted by atomic mass is 127. The van der Waals surface area contributed by atoms with E-state index in [2.05, 4.69) is 452 Å². The molecule has 2 aromatic heterocycles. The Bertz CT molecular complexity index is 5310. The van der Waals surface area contributed by atoms with Crippen LogP contribution in [0.4, 0.5) is 34.1 Å². The molecule has 0 N–H and O–H groups in total. The van der Waals surface area contributed by atoms with Crippen LogP contribution in [0.25, 0.3) is 110 Å². The van der Waals surface area contributed by atoms with Crippen molar-refractivity contribution in [2.24, 2.45) is 0 Å². The highest BCUT2D eigenvalue weighted by Gasteiger charge is 2.19. The molecule has 0 fully saturated rings. The number of hydrogen-bond donors (Lipinski definition) is 0. The molecule has 16 aromatic carbocycles. The van der Waals surface area contributed by atoms with E-state index in [4.69, 9.17) is 0 Å². The topological polar surface area (TPSA) is 16.3 Å². The van der Waals surface area contributed by atoms with Gasteiger partial charge in [0.25, 0.3) is 0 Å². The van der Waals surface area contributed by atoms with Crippen LogP contribution >= 0.6 is 45.2 Å². The van der Waals surface area contributed by atoms with Crippen molar-refractivity contribution in [2.75, 3.05) is 9.80 Å². The summed E-state index contributed by atoms with van der Waals surface area (Å²) in [5.74, 6) is 0.